The smallest absolute Gasteiger partial charge is 0.290 e. The summed E-state index contributed by atoms with van der Waals surface area (Å²) in [5.41, 5.74) is 0. The third-order valence-electron chi connectivity index (χ3n) is 1.80. The predicted molar refractivity (Wildman–Crippen MR) is 49.1 cm³/mol. The Morgan fingerprint density at radius 3 is 2.17 bits per heavy atom. The molecule has 0 fully saturated rings. The number of carboxylic acid groups (broad SMARTS) is 1. The van der Waals surface area contributed by atoms with Gasteiger partial charge in [0.2, 0.25) is 0 Å². The van der Waals surface area contributed by atoms with E-state index in [1.54, 1.807) is 0 Å². The molecule has 0 aromatic rings. The summed E-state index contributed by atoms with van der Waals surface area (Å²) in [6.45, 7) is 4.44. The van der Waals surface area contributed by atoms with Crippen molar-refractivity contribution in [3.63, 3.8) is 0 Å². The van der Waals surface area contributed by atoms with Crippen molar-refractivity contribution in [1.29, 1.82) is 0 Å². The molecule has 0 saturated carbocycles. The van der Waals surface area contributed by atoms with Gasteiger partial charge in [-0.25, -0.2) is 0 Å². The second kappa shape index (κ2) is 13.1. The molecule has 0 heterocycles. The third-order valence-corrected chi connectivity index (χ3v) is 1.80. The Labute approximate surface area is 74.4 Å². The van der Waals surface area contributed by atoms with Gasteiger partial charge in [0.25, 0.3) is 6.47 Å². The van der Waals surface area contributed by atoms with Crippen LogP contribution >= 0.6 is 0 Å². The van der Waals surface area contributed by atoms with Crippen molar-refractivity contribution >= 4 is 6.47 Å². The summed E-state index contributed by atoms with van der Waals surface area (Å²) in [5.74, 6) is 0.560. The molecule has 0 aliphatic heterocycles. The van der Waals surface area contributed by atoms with Crippen molar-refractivity contribution in [3.05, 3.63) is 0 Å². The quantitative estimate of drug-likeness (QED) is 0.629. The SMILES string of the molecule is CCCCC(CC)CO.O=CO. The summed E-state index contributed by atoms with van der Waals surface area (Å²) in [4.78, 5) is 8.36. The van der Waals surface area contributed by atoms with E-state index in [0.717, 1.165) is 6.42 Å². The molecule has 74 valence electrons. The number of carbonyl (C=O) groups is 1. The van der Waals surface area contributed by atoms with Gasteiger partial charge in [0.15, 0.2) is 0 Å². The summed E-state index contributed by atoms with van der Waals surface area (Å²) in [7, 11) is 0. The molecule has 0 bridgehead atoms. The van der Waals surface area contributed by atoms with E-state index >= 15 is 0 Å². The number of aliphatic hydroxyl groups is 1. The van der Waals surface area contributed by atoms with E-state index < -0.39 is 0 Å². The molecule has 3 heteroatoms. The minimum atomic E-state index is -0.250. The van der Waals surface area contributed by atoms with Crippen LogP contribution < -0.4 is 0 Å². The van der Waals surface area contributed by atoms with Crippen LogP contribution in [0.4, 0.5) is 0 Å². The molecule has 1 atom stereocenters. The van der Waals surface area contributed by atoms with Crippen LogP contribution in [0.25, 0.3) is 0 Å². The molecule has 0 aromatic carbocycles. The highest BCUT2D eigenvalue weighted by Gasteiger charge is 2.01. The maximum Gasteiger partial charge on any atom is 0.290 e. The molecule has 0 radical (unpaired) electrons. The molecule has 0 aliphatic carbocycles. The molecule has 0 spiro atoms. The van der Waals surface area contributed by atoms with Crippen LogP contribution in [0.5, 0.6) is 0 Å². The molecular formula is C9H20O3. The highest BCUT2D eigenvalue weighted by Crippen LogP contribution is 2.10. The second-order valence-electron chi connectivity index (χ2n) is 2.70. The van der Waals surface area contributed by atoms with Crippen LogP contribution in [-0.4, -0.2) is 23.3 Å². The maximum absolute atomic E-state index is 8.75. The van der Waals surface area contributed by atoms with Gasteiger partial charge in [-0.1, -0.05) is 33.1 Å². The minimum absolute atomic E-state index is 0.250. The zero-order chi connectivity index (χ0) is 9.82. The largest absolute Gasteiger partial charge is 0.483 e. The van der Waals surface area contributed by atoms with Crippen molar-refractivity contribution in [2.45, 2.75) is 39.5 Å². The topological polar surface area (TPSA) is 57.5 Å². The van der Waals surface area contributed by atoms with Crippen LogP contribution in [-0.2, 0) is 4.79 Å². The van der Waals surface area contributed by atoms with Gasteiger partial charge in [-0.2, -0.15) is 0 Å². The average Bonchev–Trinajstić information content (AvgIpc) is 2.08. The Kier molecular flexibility index (Phi) is 15.2. The zero-order valence-electron chi connectivity index (χ0n) is 7.99. The van der Waals surface area contributed by atoms with Gasteiger partial charge < -0.3 is 10.2 Å². The van der Waals surface area contributed by atoms with Crippen molar-refractivity contribution in [1.82, 2.24) is 0 Å². The number of hydrogen-bond acceptors (Lipinski definition) is 2. The van der Waals surface area contributed by atoms with Crippen LogP contribution in [0.3, 0.4) is 0 Å². The molecule has 0 saturated heterocycles. The standard InChI is InChI=1S/C8H18O.CH2O2/c1-3-5-6-8(4-2)7-9;2-1-3/h8-9H,3-7H2,1-2H3;1H,(H,2,3). The first-order chi connectivity index (χ1) is 5.76. The summed E-state index contributed by atoms with van der Waals surface area (Å²) in [6.07, 6.45) is 4.83. The first kappa shape index (κ1) is 14.0. The molecule has 1 unspecified atom stereocenters. The van der Waals surface area contributed by atoms with Gasteiger partial charge in [0.1, 0.15) is 0 Å². The van der Waals surface area contributed by atoms with Crippen LogP contribution in [0.15, 0.2) is 0 Å². The molecule has 2 N–H and O–H groups in total. The summed E-state index contributed by atoms with van der Waals surface area (Å²) in [5, 5.41) is 15.6. The highest BCUT2D eigenvalue weighted by molar-refractivity contribution is 5.32. The van der Waals surface area contributed by atoms with Crippen molar-refractivity contribution in [3.8, 4) is 0 Å². The Morgan fingerprint density at radius 2 is 1.92 bits per heavy atom. The third kappa shape index (κ3) is 12.1. The Balaban J connectivity index is 0. The Bertz CT molecular complexity index is 79.8. The molecular weight excluding hydrogens is 156 g/mol. The number of hydrogen-bond donors (Lipinski definition) is 2. The van der Waals surface area contributed by atoms with E-state index in [0.29, 0.717) is 12.5 Å². The fourth-order valence-corrected chi connectivity index (χ4v) is 0.917. The van der Waals surface area contributed by atoms with Crippen LogP contribution in [0, 0.1) is 5.92 Å². The molecule has 12 heavy (non-hydrogen) atoms. The van der Waals surface area contributed by atoms with Crippen molar-refractivity contribution < 1.29 is 15.0 Å². The number of rotatable bonds is 5. The van der Waals surface area contributed by atoms with Gasteiger partial charge in [-0.15, -0.1) is 0 Å². The van der Waals surface area contributed by atoms with Gasteiger partial charge in [0.05, 0.1) is 0 Å². The lowest BCUT2D eigenvalue weighted by molar-refractivity contribution is -0.122. The lowest BCUT2D eigenvalue weighted by Crippen LogP contribution is -2.03. The van der Waals surface area contributed by atoms with E-state index in [1.807, 2.05) is 0 Å². The summed E-state index contributed by atoms with van der Waals surface area (Å²) >= 11 is 0. The lowest BCUT2D eigenvalue weighted by atomic mass is 10.0. The fourth-order valence-electron chi connectivity index (χ4n) is 0.917. The predicted octanol–water partition coefficient (Wildman–Crippen LogP) is 1.90. The van der Waals surface area contributed by atoms with Gasteiger partial charge in [-0.05, 0) is 12.3 Å². The van der Waals surface area contributed by atoms with E-state index in [4.69, 9.17) is 15.0 Å². The minimum Gasteiger partial charge on any atom is -0.483 e. The average molecular weight is 176 g/mol. The second-order valence-corrected chi connectivity index (χ2v) is 2.70. The normalized spacial score (nSPS) is 11.2. The summed E-state index contributed by atoms with van der Waals surface area (Å²) < 4.78 is 0. The number of unbranched alkanes of at least 4 members (excludes halogenated alkanes) is 1. The number of aliphatic hydroxyl groups excluding tert-OH is 1. The molecule has 0 amide bonds. The molecule has 0 aromatic heterocycles. The van der Waals surface area contributed by atoms with E-state index in [-0.39, 0.29) is 6.47 Å². The lowest BCUT2D eigenvalue weighted by Gasteiger charge is -2.08. The van der Waals surface area contributed by atoms with Gasteiger partial charge in [-0.3, -0.25) is 4.79 Å². The monoisotopic (exact) mass is 176 g/mol. The van der Waals surface area contributed by atoms with Gasteiger partial charge in [0, 0.05) is 6.61 Å². The first-order valence-corrected chi connectivity index (χ1v) is 4.45. The maximum atomic E-state index is 8.75. The van der Waals surface area contributed by atoms with Crippen molar-refractivity contribution in [2.75, 3.05) is 6.61 Å². The fraction of sp³-hybridized carbons (Fsp3) is 0.889. The van der Waals surface area contributed by atoms with E-state index in [1.165, 1.54) is 19.3 Å². The first-order valence-electron chi connectivity index (χ1n) is 4.45. The molecule has 3 nitrogen and oxygen atoms in total. The van der Waals surface area contributed by atoms with Crippen LogP contribution in [0.2, 0.25) is 0 Å². The summed E-state index contributed by atoms with van der Waals surface area (Å²) in [6, 6.07) is 0. The molecule has 0 aliphatic rings. The highest BCUT2D eigenvalue weighted by atomic mass is 16.3. The van der Waals surface area contributed by atoms with E-state index in [9.17, 15) is 0 Å². The molecule has 0 rings (SSSR count). The van der Waals surface area contributed by atoms with Crippen LogP contribution in [0.1, 0.15) is 39.5 Å². The van der Waals surface area contributed by atoms with E-state index in [2.05, 4.69) is 13.8 Å². The van der Waals surface area contributed by atoms with Gasteiger partial charge >= 0.3 is 0 Å². The van der Waals surface area contributed by atoms with Crippen molar-refractivity contribution in [2.24, 2.45) is 5.92 Å². The zero-order valence-corrected chi connectivity index (χ0v) is 7.99. The Hall–Kier alpha value is -0.570. The Morgan fingerprint density at radius 1 is 1.42 bits per heavy atom.